The average Bonchev–Trinajstić information content (AvgIpc) is 3.33. The molecule has 26 heavy (non-hydrogen) atoms. The van der Waals surface area contributed by atoms with Crippen LogP contribution in [0.5, 0.6) is 5.75 Å². The lowest BCUT2D eigenvalue weighted by molar-refractivity contribution is 0.285. The number of imidazole rings is 1. The van der Waals surface area contributed by atoms with Gasteiger partial charge in [0.15, 0.2) is 17.5 Å². The summed E-state index contributed by atoms with van der Waals surface area (Å²) in [5.41, 5.74) is 0.846. The zero-order valence-electron chi connectivity index (χ0n) is 15.3. The number of hydrogen-bond acceptors (Lipinski definition) is 3. The fourth-order valence-corrected chi connectivity index (χ4v) is 2.60. The Labute approximate surface area is 153 Å². The molecule has 0 amide bonds. The molecule has 0 spiro atoms. The first kappa shape index (κ1) is 18.2. The van der Waals surface area contributed by atoms with Gasteiger partial charge in [-0.25, -0.2) is 9.37 Å². The molecular weight excluding hydrogens is 333 g/mol. The molecule has 0 aliphatic heterocycles. The normalized spacial score (nSPS) is 15.6. The van der Waals surface area contributed by atoms with Gasteiger partial charge in [0, 0.05) is 32.5 Å². The first-order chi connectivity index (χ1) is 12.7. The minimum atomic E-state index is -0.320. The van der Waals surface area contributed by atoms with Gasteiger partial charge < -0.3 is 19.9 Å². The molecule has 1 unspecified atom stereocenters. The lowest BCUT2D eigenvalue weighted by atomic mass is 10.1. The highest BCUT2D eigenvalue weighted by atomic mass is 19.1. The Kier molecular flexibility index (Phi) is 6.09. The molecule has 7 heteroatoms. The van der Waals surface area contributed by atoms with Crippen molar-refractivity contribution >= 4 is 5.96 Å². The Balaban J connectivity index is 1.50. The van der Waals surface area contributed by atoms with Crippen molar-refractivity contribution in [1.82, 2.24) is 20.2 Å². The van der Waals surface area contributed by atoms with Crippen LogP contribution in [0.15, 0.2) is 41.9 Å². The van der Waals surface area contributed by atoms with E-state index >= 15 is 0 Å². The van der Waals surface area contributed by atoms with Crippen molar-refractivity contribution in [2.45, 2.75) is 32.4 Å². The number of ether oxygens (including phenoxy) is 1. The summed E-state index contributed by atoms with van der Waals surface area (Å²) in [7, 11) is 1.72. The van der Waals surface area contributed by atoms with Gasteiger partial charge in [-0.3, -0.25) is 4.99 Å². The van der Waals surface area contributed by atoms with Crippen LogP contribution in [0.3, 0.4) is 0 Å². The molecule has 1 atom stereocenters. The number of aliphatic imine (C=N–C) groups is 1. The molecule has 140 valence electrons. The lowest BCUT2D eigenvalue weighted by Crippen LogP contribution is -2.40. The summed E-state index contributed by atoms with van der Waals surface area (Å²) < 4.78 is 21.8. The van der Waals surface area contributed by atoms with Crippen LogP contribution in [-0.2, 0) is 6.54 Å². The van der Waals surface area contributed by atoms with E-state index in [1.165, 1.54) is 18.9 Å². The van der Waals surface area contributed by atoms with Gasteiger partial charge in [0.2, 0.25) is 0 Å². The number of nitrogens with one attached hydrogen (secondary N) is 2. The van der Waals surface area contributed by atoms with E-state index in [-0.39, 0.29) is 11.9 Å². The molecule has 1 heterocycles. The van der Waals surface area contributed by atoms with E-state index in [0.29, 0.717) is 30.8 Å². The largest absolute Gasteiger partial charge is 0.490 e. The molecular formula is C19H26FN5O. The Morgan fingerprint density at radius 3 is 2.96 bits per heavy atom. The molecule has 3 rings (SSSR count). The van der Waals surface area contributed by atoms with Crippen LogP contribution in [0.1, 0.15) is 31.4 Å². The van der Waals surface area contributed by atoms with Crippen LogP contribution in [-0.4, -0.2) is 35.7 Å². The Morgan fingerprint density at radius 1 is 1.46 bits per heavy atom. The van der Waals surface area contributed by atoms with Crippen LogP contribution < -0.4 is 15.4 Å². The van der Waals surface area contributed by atoms with Crippen molar-refractivity contribution in [3.05, 3.63) is 48.3 Å². The number of guanidine groups is 1. The molecule has 2 N–H and O–H groups in total. The maximum atomic E-state index is 14.3. The van der Waals surface area contributed by atoms with E-state index in [0.717, 1.165) is 12.1 Å². The highest BCUT2D eigenvalue weighted by Crippen LogP contribution is 2.30. The fraction of sp³-hybridized carbons (Fsp3) is 0.474. The van der Waals surface area contributed by atoms with Gasteiger partial charge in [0.1, 0.15) is 0 Å². The molecule has 1 aromatic heterocycles. The van der Waals surface area contributed by atoms with Gasteiger partial charge >= 0.3 is 0 Å². The fourth-order valence-electron chi connectivity index (χ4n) is 2.60. The third kappa shape index (κ3) is 5.21. The monoisotopic (exact) mass is 359 g/mol. The van der Waals surface area contributed by atoms with Gasteiger partial charge in [-0.05, 0) is 43.4 Å². The molecule has 2 aromatic rings. The van der Waals surface area contributed by atoms with E-state index in [2.05, 4.69) is 20.6 Å². The molecule has 0 radical (unpaired) electrons. The topological polar surface area (TPSA) is 63.5 Å². The first-order valence-electron chi connectivity index (χ1n) is 9.01. The summed E-state index contributed by atoms with van der Waals surface area (Å²) >= 11 is 0. The molecule has 1 aliphatic rings. The van der Waals surface area contributed by atoms with Crippen LogP contribution in [0, 0.1) is 11.7 Å². The highest BCUT2D eigenvalue weighted by Gasteiger charge is 2.22. The number of benzene rings is 1. The molecule has 1 aliphatic carbocycles. The standard InChI is InChI=1S/C19H26FN5O/c1-14(24-19(21-2)23-8-10-25-9-7-22-13-25)16-5-6-18(17(20)11-16)26-12-15-3-4-15/h5-7,9,11,13-15H,3-4,8,10,12H2,1-2H3,(H2,21,23,24). The first-order valence-corrected chi connectivity index (χ1v) is 9.01. The van der Waals surface area contributed by atoms with Crippen molar-refractivity contribution in [2.24, 2.45) is 10.9 Å². The summed E-state index contributed by atoms with van der Waals surface area (Å²) in [5.74, 6) is 1.29. The average molecular weight is 359 g/mol. The minimum absolute atomic E-state index is 0.0820. The maximum Gasteiger partial charge on any atom is 0.191 e. The molecule has 1 saturated carbocycles. The number of rotatable bonds is 8. The van der Waals surface area contributed by atoms with E-state index in [4.69, 9.17) is 4.74 Å². The summed E-state index contributed by atoms with van der Waals surface area (Å²) in [6.07, 6.45) is 7.81. The van der Waals surface area contributed by atoms with Crippen molar-refractivity contribution in [3.8, 4) is 5.75 Å². The highest BCUT2D eigenvalue weighted by molar-refractivity contribution is 5.80. The van der Waals surface area contributed by atoms with E-state index in [1.807, 2.05) is 23.8 Å². The molecule has 0 saturated heterocycles. The third-order valence-electron chi connectivity index (χ3n) is 4.43. The maximum absolute atomic E-state index is 14.3. The summed E-state index contributed by atoms with van der Waals surface area (Å²) in [5, 5.41) is 6.52. The lowest BCUT2D eigenvalue weighted by Gasteiger charge is -2.19. The number of nitrogens with zero attached hydrogens (tertiary/aromatic N) is 3. The number of aromatic nitrogens is 2. The van der Waals surface area contributed by atoms with Crippen LogP contribution in [0.2, 0.25) is 0 Å². The summed E-state index contributed by atoms with van der Waals surface area (Å²) in [6, 6.07) is 5.04. The van der Waals surface area contributed by atoms with Crippen LogP contribution >= 0.6 is 0 Å². The molecule has 1 fully saturated rings. The zero-order valence-corrected chi connectivity index (χ0v) is 15.3. The predicted molar refractivity (Wildman–Crippen MR) is 99.8 cm³/mol. The van der Waals surface area contributed by atoms with Gasteiger partial charge in [-0.1, -0.05) is 6.07 Å². The minimum Gasteiger partial charge on any atom is -0.490 e. The van der Waals surface area contributed by atoms with Gasteiger partial charge in [-0.2, -0.15) is 0 Å². The van der Waals surface area contributed by atoms with Gasteiger partial charge in [-0.15, -0.1) is 0 Å². The van der Waals surface area contributed by atoms with Gasteiger partial charge in [0.25, 0.3) is 0 Å². The predicted octanol–water partition coefficient (Wildman–Crippen LogP) is 2.74. The quantitative estimate of drug-likeness (QED) is 0.562. The van der Waals surface area contributed by atoms with E-state index < -0.39 is 0 Å². The smallest absolute Gasteiger partial charge is 0.191 e. The summed E-state index contributed by atoms with van der Waals surface area (Å²) in [4.78, 5) is 8.23. The summed E-state index contributed by atoms with van der Waals surface area (Å²) in [6.45, 7) is 4.08. The van der Waals surface area contributed by atoms with Crippen molar-refractivity contribution in [2.75, 3.05) is 20.2 Å². The second kappa shape index (κ2) is 8.69. The van der Waals surface area contributed by atoms with Crippen molar-refractivity contribution in [1.29, 1.82) is 0 Å². The third-order valence-corrected chi connectivity index (χ3v) is 4.43. The van der Waals surface area contributed by atoms with Crippen LogP contribution in [0.4, 0.5) is 4.39 Å². The van der Waals surface area contributed by atoms with Crippen molar-refractivity contribution < 1.29 is 9.13 Å². The van der Waals surface area contributed by atoms with Gasteiger partial charge in [0.05, 0.1) is 19.0 Å². The van der Waals surface area contributed by atoms with E-state index in [1.54, 1.807) is 25.6 Å². The zero-order chi connectivity index (χ0) is 18.4. The van der Waals surface area contributed by atoms with Crippen molar-refractivity contribution in [3.63, 3.8) is 0 Å². The van der Waals surface area contributed by atoms with Crippen LogP contribution in [0.25, 0.3) is 0 Å². The Morgan fingerprint density at radius 2 is 2.31 bits per heavy atom. The second-order valence-electron chi connectivity index (χ2n) is 6.61. The number of halogens is 1. The molecule has 6 nitrogen and oxygen atoms in total. The number of hydrogen-bond donors (Lipinski definition) is 2. The Hall–Kier alpha value is -2.57. The second-order valence-corrected chi connectivity index (χ2v) is 6.61. The molecule has 1 aromatic carbocycles. The Bertz CT molecular complexity index is 728. The van der Waals surface area contributed by atoms with E-state index in [9.17, 15) is 4.39 Å². The SMILES string of the molecule is CN=C(NCCn1ccnc1)NC(C)c1ccc(OCC2CC2)c(F)c1. The molecule has 0 bridgehead atoms.